The van der Waals surface area contributed by atoms with Gasteiger partial charge < -0.3 is 9.80 Å². The topological polar surface area (TPSA) is 40.6 Å². The van der Waals surface area contributed by atoms with E-state index < -0.39 is 9.84 Å². The highest BCUT2D eigenvalue weighted by molar-refractivity contribution is 7.91. The Labute approximate surface area is 171 Å². The Bertz CT molecular complexity index is 924. The largest absolute Gasteiger partial charge is 0.369 e. The third-order valence-electron chi connectivity index (χ3n) is 4.86. The molecule has 0 aliphatic carbocycles. The summed E-state index contributed by atoms with van der Waals surface area (Å²) in [6, 6.07) is 11.1. The minimum absolute atomic E-state index is 0.0703. The highest BCUT2D eigenvalue weighted by atomic mass is 35.5. The number of likely N-dealkylation sites (N-methyl/N-ethyl adjacent to an activating group) is 1. The minimum atomic E-state index is -3.47. The van der Waals surface area contributed by atoms with E-state index >= 15 is 0 Å². The quantitative estimate of drug-likeness (QED) is 0.700. The Morgan fingerprint density at radius 2 is 1.67 bits per heavy atom. The van der Waals surface area contributed by atoms with Crippen molar-refractivity contribution in [2.24, 2.45) is 0 Å². The number of sulfone groups is 1. The van der Waals surface area contributed by atoms with Crippen LogP contribution in [0.5, 0.6) is 0 Å². The Balaban J connectivity index is 2.18. The lowest BCUT2D eigenvalue weighted by molar-refractivity contribution is 0.313. The van der Waals surface area contributed by atoms with Crippen LogP contribution in [0.25, 0.3) is 11.1 Å². The fourth-order valence-electron chi connectivity index (χ4n) is 3.31. The molecule has 0 atom stereocenters. The fraction of sp³-hybridized carbons (Fsp3) is 0.400. The van der Waals surface area contributed by atoms with Crippen molar-refractivity contribution in [1.29, 1.82) is 0 Å². The summed E-state index contributed by atoms with van der Waals surface area (Å²) >= 11 is 13.0. The van der Waals surface area contributed by atoms with Crippen molar-refractivity contribution in [2.45, 2.75) is 18.2 Å². The standard InChI is InChI=1S/C20H24Cl2N2O2S/c1-3-12-27(25,26)19-14-15(24-10-8-23(2)9-11-24)13-17(20(19)22)16-6-4-5-7-18(16)21/h4-7,13-14H,3,8-12H2,1-2H3. The molecule has 0 aromatic heterocycles. The van der Waals surface area contributed by atoms with E-state index in [2.05, 4.69) is 16.8 Å². The van der Waals surface area contributed by atoms with Crippen LogP contribution < -0.4 is 4.90 Å². The third kappa shape index (κ3) is 4.43. The SMILES string of the molecule is CCCS(=O)(=O)c1cc(N2CCN(C)CC2)cc(-c2ccccc2Cl)c1Cl. The molecule has 0 N–H and O–H groups in total. The molecule has 4 nitrogen and oxygen atoms in total. The molecule has 1 aliphatic rings. The van der Waals surface area contributed by atoms with Gasteiger partial charge >= 0.3 is 0 Å². The van der Waals surface area contributed by atoms with Crippen molar-refractivity contribution in [3.63, 3.8) is 0 Å². The Kier molecular flexibility index (Phi) is 6.36. The van der Waals surface area contributed by atoms with Crippen LogP contribution in [0, 0.1) is 0 Å². The average Bonchev–Trinajstić information content (AvgIpc) is 2.63. The normalized spacial score (nSPS) is 15.9. The molecule has 7 heteroatoms. The first-order valence-electron chi connectivity index (χ1n) is 9.08. The summed E-state index contributed by atoms with van der Waals surface area (Å²) in [5, 5.41) is 0.795. The molecule has 0 saturated carbocycles. The van der Waals surface area contributed by atoms with Crippen molar-refractivity contribution in [3.05, 3.63) is 46.4 Å². The van der Waals surface area contributed by atoms with Crippen molar-refractivity contribution >= 4 is 38.7 Å². The van der Waals surface area contributed by atoms with Crippen LogP contribution in [0.3, 0.4) is 0 Å². The molecule has 2 aromatic rings. The zero-order chi connectivity index (χ0) is 19.6. The molecule has 0 radical (unpaired) electrons. The number of piperazine rings is 1. The second-order valence-electron chi connectivity index (χ2n) is 6.89. The summed E-state index contributed by atoms with van der Waals surface area (Å²) in [6.07, 6.45) is 0.541. The van der Waals surface area contributed by atoms with Crippen LogP contribution in [0.4, 0.5) is 5.69 Å². The minimum Gasteiger partial charge on any atom is -0.369 e. The van der Waals surface area contributed by atoms with Crippen molar-refractivity contribution in [1.82, 2.24) is 4.90 Å². The zero-order valence-corrected chi connectivity index (χ0v) is 17.9. The van der Waals surface area contributed by atoms with Crippen LogP contribution in [-0.2, 0) is 9.84 Å². The van der Waals surface area contributed by atoms with Gasteiger partial charge in [0.2, 0.25) is 0 Å². The van der Waals surface area contributed by atoms with E-state index in [1.807, 2.05) is 31.2 Å². The van der Waals surface area contributed by atoms with Crippen molar-refractivity contribution in [3.8, 4) is 11.1 Å². The van der Waals surface area contributed by atoms with E-state index in [0.717, 1.165) is 37.4 Å². The molecule has 0 unspecified atom stereocenters. The van der Waals surface area contributed by atoms with Gasteiger partial charge in [-0.1, -0.05) is 48.3 Å². The number of anilines is 1. The molecule has 0 bridgehead atoms. The van der Waals surface area contributed by atoms with E-state index in [1.165, 1.54) is 0 Å². The van der Waals surface area contributed by atoms with E-state index in [9.17, 15) is 8.42 Å². The molecular formula is C20H24Cl2N2O2S. The zero-order valence-electron chi connectivity index (χ0n) is 15.6. The van der Waals surface area contributed by atoms with Crippen LogP contribution in [-0.4, -0.2) is 52.3 Å². The molecule has 1 aliphatic heterocycles. The van der Waals surface area contributed by atoms with E-state index in [1.54, 1.807) is 12.1 Å². The van der Waals surface area contributed by atoms with Crippen LogP contribution in [0.15, 0.2) is 41.3 Å². The molecule has 0 amide bonds. The van der Waals surface area contributed by atoms with E-state index in [-0.39, 0.29) is 15.7 Å². The number of rotatable bonds is 5. The van der Waals surface area contributed by atoms with Gasteiger partial charge in [0.05, 0.1) is 15.7 Å². The predicted molar refractivity (Wildman–Crippen MR) is 114 cm³/mol. The van der Waals surface area contributed by atoms with Gasteiger partial charge in [0.25, 0.3) is 0 Å². The molecule has 27 heavy (non-hydrogen) atoms. The van der Waals surface area contributed by atoms with Crippen LogP contribution >= 0.6 is 23.2 Å². The molecule has 2 aromatic carbocycles. The molecule has 146 valence electrons. The van der Waals surface area contributed by atoms with Gasteiger partial charge in [-0.25, -0.2) is 8.42 Å². The molecule has 0 spiro atoms. The van der Waals surface area contributed by atoms with Crippen LogP contribution in [0.2, 0.25) is 10.0 Å². The maximum Gasteiger partial charge on any atom is 0.179 e. The summed E-state index contributed by atoms with van der Waals surface area (Å²) in [7, 11) is -1.38. The maximum atomic E-state index is 12.9. The number of hydrogen-bond acceptors (Lipinski definition) is 4. The first-order valence-corrected chi connectivity index (χ1v) is 11.5. The lowest BCUT2D eigenvalue weighted by Gasteiger charge is -2.34. The van der Waals surface area contributed by atoms with E-state index in [0.29, 0.717) is 17.0 Å². The first kappa shape index (κ1) is 20.5. The van der Waals surface area contributed by atoms with Gasteiger partial charge in [-0.15, -0.1) is 0 Å². The number of halogens is 2. The predicted octanol–water partition coefficient (Wildman–Crippen LogP) is 4.60. The average molecular weight is 427 g/mol. The second-order valence-corrected chi connectivity index (χ2v) is 9.76. The van der Waals surface area contributed by atoms with E-state index in [4.69, 9.17) is 23.2 Å². The van der Waals surface area contributed by atoms with Crippen LogP contribution in [0.1, 0.15) is 13.3 Å². The summed E-state index contributed by atoms with van der Waals surface area (Å²) < 4.78 is 25.7. The second kappa shape index (κ2) is 8.39. The molecule has 1 fully saturated rings. The molecule has 1 saturated heterocycles. The lowest BCUT2D eigenvalue weighted by atomic mass is 10.0. The molecule has 3 rings (SSSR count). The van der Waals surface area contributed by atoms with Crippen molar-refractivity contribution < 1.29 is 8.42 Å². The summed E-state index contributed by atoms with van der Waals surface area (Å²) in [5.41, 5.74) is 2.28. The summed E-state index contributed by atoms with van der Waals surface area (Å²) in [5.74, 6) is 0.0703. The Morgan fingerprint density at radius 1 is 1.00 bits per heavy atom. The lowest BCUT2D eigenvalue weighted by Crippen LogP contribution is -2.44. The number of nitrogens with zero attached hydrogens (tertiary/aromatic N) is 2. The van der Waals surface area contributed by atoms with Gasteiger partial charge in [-0.2, -0.15) is 0 Å². The van der Waals surface area contributed by atoms with Gasteiger partial charge in [-0.3, -0.25) is 0 Å². The monoisotopic (exact) mass is 426 g/mol. The highest BCUT2D eigenvalue weighted by Gasteiger charge is 2.24. The summed E-state index contributed by atoms with van der Waals surface area (Å²) in [6.45, 7) is 5.40. The number of hydrogen-bond donors (Lipinski definition) is 0. The maximum absolute atomic E-state index is 12.9. The summed E-state index contributed by atoms with van der Waals surface area (Å²) in [4.78, 5) is 4.66. The highest BCUT2D eigenvalue weighted by Crippen LogP contribution is 2.40. The first-order chi connectivity index (χ1) is 12.8. The smallest absolute Gasteiger partial charge is 0.179 e. The van der Waals surface area contributed by atoms with Gasteiger partial charge in [-0.05, 0) is 31.7 Å². The Hall–Kier alpha value is -1.27. The third-order valence-corrected chi connectivity index (χ3v) is 7.65. The van der Waals surface area contributed by atoms with Gasteiger partial charge in [0.15, 0.2) is 9.84 Å². The molecular weight excluding hydrogens is 403 g/mol. The number of benzene rings is 2. The molecule has 1 heterocycles. The fourth-order valence-corrected chi connectivity index (χ4v) is 5.55. The van der Waals surface area contributed by atoms with Gasteiger partial charge in [0.1, 0.15) is 0 Å². The van der Waals surface area contributed by atoms with Crippen molar-refractivity contribution in [2.75, 3.05) is 43.9 Å². The van der Waals surface area contributed by atoms with Gasteiger partial charge in [0, 0.05) is 48.0 Å². The Morgan fingerprint density at radius 3 is 2.30 bits per heavy atom.